The van der Waals surface area contributed by atoms with Gasteiger partial charge in [0.2, 0.25) is 0 Å². The molecule has 16 nitrogen and oxygen atoms in total. The fourth-order valence-electron chi connectivity index (χ4n) is 9.96. The second-order valence-corrected chi connectivity index (χ2v) is 16.1. The summed E-state index contributed by atoms with van der Waals surface area (Å²) in [5.74, 6) is -1.45. The Kier molecular flexibility index (Phi) is 9.78. The van der Waals surface area contributed by atoms with E-state index in [1.807, 2.05) is 6.07 Å². The molecular weight excluding hydrogens is 766 g/mol. The maximum absolute atomic E-state index is 12.7. The molecule has 9 rings (SSSR count). The van der Waals surface area contributed by atoms with E-state index in [9.17, 15) is 45.1 Å². The largest absolute Gasteiger partial charge is 0.508 e. The van der Waals surface area contributed by atoms with Crippen LogP contribution in [0.15, 0.2) is 78.0 Å². The van der Waals surface area contributed by atoms with Crippen molar-refractivity contribution in [1.82, 2.24) is 0 Å². The Morgan fingerprint density at radius 3 is 2.20 bits per heavy atom. The number of rotatable bonds is 6. The summed E-state index contributed by atoms with van der Waals surface area (Å²) >= 11 is 0. The summed E-state index contributed by atoms with van der Waals surface area (Å²) in [6.45, 7) is 2.05. The van der Waals surface area contributed by atoms with Gasteiger partial charge in [0, 0.05) is 34.4 Å². The first-order valence-corrected chi connectivity index (χ1v) is 19.1. The predicted molar refractivity (Wildman–Crippen MR) is 207 cm³/mol. The van der Waals surface area contributed by atoms with Crippen molar-refractivity contribution in [2.45, 2.75) is 75.0 Å². The number of aliphatic carboxylic acids is 1. The maximum Gasteiger partial charge on any atom is 0.340 e. The molecule has 16 heteroatoms. The molecule has 0 radical (unpaired) electrons. The third-order valence-corrected chi connectivity index (χ3v) is 12.8. The molecule has 308 valence electrons. The highest BCUT2D eigenvalue weighted by Gasteiger charge is 2.58. The van der Waals surface area contributed by atoms with Crippen LogP contribution in [0.25, 0.3) is 0 Å². The lowest BCUT2D eigenvalue weighted by Gasteiger charge is -2.49. The molecule has 2 saturated carbocycles. The number of aromatic hydroxyl groups is 2. The summed E-state index contributed by atoms with van der Waals surface area (Å²) in [6, 6.07) is 17.7. The average molecular weight is 810 g/mol. The van der Waals surface area contributed by atoms with E-state index >= 15 is 0 Å². The lowest BCUT2D eigenvalue weighted by atomic mass is 9.55. The number of carbonyl (C=O) groups is 3. The number of hydrogen-bond acceptors (Lipinski definition) is 14. The van der Waals surface area contributed by atoms with Gasteiger partial charge in [0.05, 0.1) is 41.5 Å². The second-order valence-electron chi connectivity index (χ2n) is 16.1. The van der Waals surface area contributed by atoms with E-state index in [2.05, 4.69) is 12.1 Å². The van der Waals surface area contributed by atoms with Gasteiger partial charge in [0.15, 0.2) is 11.8 Å². The highest BCUT2D eigenvalue weighted by atomic mass is 16.6. The molecule has 59 heavy (non-hydrogen) atoms. The Labute approximate surface area is 336 Å². The smallest absolute Gasteiger partial charge is 0.340 e. The Balaban J connectivity index is 0.000000165. The molecule has 2 heterocycles. The number of aliphatic hydroxyl groups is 2. The summed E-state index contributed by atoms with van der Waals surface area (Å²) < 4.78 is 17.4. The molecule has 4 aromatic carbocycles. The number of nitrogens with two attached hydrogens (primary N) is 2. The zero-order valence-electron chi connectivity index (χ0n) is 31.7. The fourth-order valence-corrected chi connectivity index (χ4v) is 9.96. The summed E-state index contributed by atoms with van der Waals surface area (Å²) in [4.78, 5) is 34.9. The van der Waals surface area contributed by atoms with Gasteiger partial charge >= 0.3 is 17.9 Å². The average Bonchev–Trinajstić information content (AvgIpc) is 3.61. The summed E-state index contributed by atoms with van der Waals surface area (Å²) in [5, 5.41) is 72.0. The molecular formula is C43H43N3O13. The van der Waals surface area contributed by atoms with Crippen molar-refractivity contribution in [2.75, 3.05) is 0 Å². The van der Waals surface area contributed by atoms with Crippen LogP contribution in [0.5, 0.6) is 28.7 Å². The molecule has 2 unspecified atom stereocenters. The van der Waals surface area contributed by atoms with E-state index in [1.54, 1.807) is 30.3 Å². The first-order valence-electron chi connectivity index (χ1n) is 19.1. The van der Waals surface area contributed by atoms with Gasteiger partial charge in [-0.25, -0.2) is 9.59 Å². The minimum atomic E-state index is -1.38. The molecule has 3 aliphatic carbocycles. The highest BCUT2D eigenvalue weighted by molar-refractivity contribution is 6.03. The van der Waals surface area contributed by atoms with E-state index < -0.39 is 48.0 Å². The van der Waals surface area contributed by atoms with E-state index in [0.29, 0.717) is 41.0 Å². The van der Waals surface area contributed by atoms with Crippen molar-refractivity contribution >= 4 is 23.6 Å². The SMILES string of the molecule is C[C@]12CC[C@@H]3c4ccc(OC(N)C(N)CC(=O)O)cc4C(=NO)C[C@H]3[C@@H]1C[C@@H](O)[C@@H]2O.O=C(O)c1ccc2c(c1)C(=O)OC21c2ccc(O)cc2Oc2cc(O)ccc21. The number of carbonyl (C=O) groups excluding carboxylic acids is 1. The monoisotopic (exact) mass is 809 g/mol. The topological polar surface area (TPSA) is 285 Å². The summed E-state index contributed by atoms with van der Waals surface area (Å²) in [7, 11) is 0. The van der Waals surface area contributed by atoms with Crippen molar-refractivity contribution in [1.29, 1.82) is 0 Å². The number of carboxylic acid groups (broad SMARTS) is 2. The number of phenols is 2. The number of phenolic OH excluding ortho intramolecular Hbond substituents is 2. The molecule has 2 fully saturated rings. The normalized spacial score (nSPS) is 26.9. The minimum Gasteiger partial charge on any atom is -0.508 e. The maximum atomic E-state index is 12.7. The number of ether oxygens (including phenoxy) is 3. The summed E-state index contributed by atoms with van der Waals surface area (Å²) in [6.07, 6.45) is 0.0186. The lowest BCUT2D eigenvalue weighted by Crippen LogP contribution is -2.47. The molecule has 5 aliphatic rings. The van der Waals surface area contributed by atoms with Gasteiger partial charge in [-0.3, -0.25) is 10.5 Å². The van der Waals surface area contributed by atoms with Crippen LogP contribution in [0.3, 0.4) is 0 Å². The van der Waals surface area contributed by atoms with E-state index in [4.69, 9.17) is 30.8 Å². The Hall–Kier alpha value is -6.20. The fraction of sp³-hybridized carbons (Fsp3) is 0.349. The zero-order chi connectivity index (χ0) is 42.1. The number of nitrogens with zero attached hydrogens (tertiary/aromatic N) is 1. The Morgan fingerprint density at radius 2 is 1.58 bits per heavy atom. The van der Waals surface area contributed by atoms with E-state index in [-0.39, 0.29) is 63.7 Å². The number of oxime groups is 1. The van der Waals surface area contributed by atoms with Crippen LogP contribution in [-0.4, -0.2) is 83.9 Å². The molecule has 8 atom stereocenters. The zero-order valence-corrected chi connectivity index (χ0v) is 31.7. The number of fused-ring (bicyclic) bond motifs is 11. The molecule has 11 N–H and O–H groups in total. The van der Waals surface area contributed by atoms with E-state index in [1.165, 1.54) is 36.4 Å². The molecule has 4 aromatic rings. The second kappa shape index (κ2) is 14.6. The van der Waals surface area contributed by atoms with Gasteiger partial charge in [-0.2, -0.15) is 0 Å². The molecule has 0 aromatic heterocycles. The molecule has 1 spiro atoms. The van der Waals surface area contributed by atoms with Crippen LogP contribution < -0.4 is 20.9 Å². The van der Waals surface area contributed by atoms with Crippen LogP contribution in [0.1, 0.15) is 93.5 Å². The number of benzene rings is 4. The molecule has 2 aliphatic heterocycles. The van der Waals surface area contributed by atoms with Crippen molar-refractivity contribution in [3.05, 3.63) is 112 Å². The summed E-state index contributed by atoms with van der Waals surface area (Å²) in [5.41, 5.74) is 13.9. The van der Waals surface area contributed by atoms with Gasteiger partial charge in [-0.1, -0.05) is 24.2 Å². The standard InChI is InChI=1S/C22H31N3O6.C21H12O7/c1-22-5-4-12-11-3-2-10(31-21(24)16(23)9-19(27)28)6-14(11)17(25-30)7-13(12)15(22)8-18(26)20(22)29;22-11-2-5-15-17(8-11)27-18-9-12(23)3-6-16(18)21(15)14-4-1-10(19(24)25)7-13(14)20(26)28-21/h2-3,6,12-13,15-16,18,20-21,26,29-30H,4-5,7-9,23-24H2,1H3,(H,27,28);1-9,22-23H,(H,24,25)/t12-,13-,15+,16?,18-,20+,21?,22+;/m1./s1. The molecule has 0 amide bonds. The molecule has 0 bridgehead atoms. The number of aromatic carboxylic acids is 1. The quantitative estimate of drug-likeness (QED) is 0.0567. The van der Waals surface area contributed by atoms with Crippen LogP contribution in [0.4, 0.5) is 0 Å². The first-order chi connectivity index (χ1) is 28.0. The van der Waals surface area contributed by atoms with Gasteiger partial charge < -0.3 is 55.8 Å². The van der Waals surface area contributed by atoms with Crippen LogP contribution in [-0.2, 0) is 15.1 Å². The van der Waals surface area contributed by atoms with Gasteiger partial charge in [-0.15, -0.1) is 0 Å². The highest BCUT2D eigenvalue weighted by Crippen LogP contribution is 2.61. The molecule has 0 saturated heterocycles. The predicted octanol–water partition coefficient (Wildman–Crippen LogP) is 4.34. The van der Waals surface area contributed by atoms with Crippen molar-refractivity contribution in [3.8, 4) is 28.7 Å². The van der Waals surface area contributed by atoms with Gasteiger partial charge in [0.25, 0.3) is 0 Å². The third kappa shape index (κ3) is 6.48. The van der Waals surface area contributed by atoms with Crippen LogP contribution in [0.2, 0.25) is 0 Å². The van der Waals surface area contributed by atoms with E-state index in [0.717, 1.165) is 24.0 Å². The number of hydrogen-bond donors (Lipinski definition) is 9. The van der Waals surface area contributed by atoms with Crippen molar-refractivity contribution < 1.29 is 64.4 Å². The van der Waals surface area contributed by atoms with Gasteiger partial charge in [-0.05, 0) is 103 Å². The van der Waals surface area contributed by atoms with Crippen LogP contribution in [0, 0.1) is 17.3 Å². The Morgan fingerprint density at radius 1 is 0.915 bits per heavy atom. The number of carboxylic acids is 2. The lowest BCUT2D eigenvalue weighted by molar-refractivity contribution is -0.137. The number of esters is 1. The third-order valence-electron chi connectivity index (χ3n) is 12.8. The van der Waals surface area contributed by atoms with Crippen molar-refractivity contribution in [2.24, 2.45) is 33.9 Å². The van der Waals surface area contributed by atoms with Crippen LogP contribution >= 0.6 is 0 Å². The number of aliphatic hydroxyl groups excluding tert-OH is 2. The van der Waals surface area contributed by atoms with Gasteiger partial charge in [0.1, 0.15) is 28.7 Å². The Bertz CT molecular complexity index is 2370. The first kappa shape index (κ1) is 39.6. The minimum absolute atomic E-state index is 0.0309. The van der Waals surface area contributed by atoms with Crippen molar-refractivity contribution in [3.63, 3.8) is 0 Å².